The lowest BCUT2D eigenvalue weighted by Crippen LogP contribution is -2.67. The number of pyridine rings is 2. The molecule has 9 nitrogen and oxygen atoms in total. The van der Waals surface area contributed by atoms with Crippen molar-refractivity contribution in [1.29, 1.82) is 0 Å². The zero-order valence-corrected chi connectivity index (χ0v) is 19.4. The van der Waals surface area contributed by atoms with E-state index in [2.05, 4.69) is 32.9 Å². The minimum absolute atomic E-state index is 0.219. The van der Waals surface area contributed by atoms with E-state index in [1.807, 2.05) is 34.0 Å². The molecule has 4 aromatic heterocycles. The van der Waals surface area contributed by atoms with Gasteiger partial charge in [0, 0.05) is 43.8 Å². The lowest BCUT2D eigenvalue weighted by molar-refractivity contribution is -0.209. The average Bonchev–Trinajstić information content (AvgIpc) is 3.58. The van der Waals surface area contributed by atoms with Crippen LogP contribution in [-0.4, -0.2) is 54.7 Å². The third-order valence-electron chi connectivity index (χ3n) is 7.39. The van der Waals surface area contributed by atoms with Gasteiger partial charge in [0.15, 0.2) is 0 Å². The molecule has 5 heterocycles. The molecule has 1 aliphatic heterocycles. The van der Waals surface area contributed by atoms with Gasteiger partial charge in [0.2, 0.25) is 0 Å². The second-order valence-corrected chi connectivity index (χ2v) is 10.3. The first-order valence-corrected chi connectivity index (χ1v) is 12.2. The van der Waals surface area contributed by atoms with Gasteiger partial charge < -0.3 is 9.72 Å². The normalized spacial score (nSPS) is 25.1. The highest BCUT2D eigenvalue weighted by Gasteiger charge is 2.68. The van der Waals surface area contributed by atoms with Crippen LogP contribution in [0.1, 0.15) is 36.9 Å². The van der Waals surface area contributed by atoms with Crippen molar-refractivity contribution in [3.05, 3.63) is 60.4 Å². The fourth-order valence-corrected chi connectivity index (χ4v) is 5.82. The number of hydrogen-bond acceptors (Lipinski definition) is 7. The first-order chi connectivity index (χ1) is 17.0. The molecule has 0 spiro atoms. The quantitative estimate of drug-likeness (QED) is 0.420. The van der Waals surface area contributed by atoms with Crippen molar-refractivity contribution >= 4 is 11.3 Å². The summed E-state index contributed by atoms with van der Waals surface area (Å²) in [7, 11) is 0. The van der Waals surface area contributed by atoms with E-state index in [1.165, 1.54) is 5.56 Å². The van der Waals surface area contributed by atoms with E-state index in [-0.39, 0.29) is 5.41 Å². The molecular weight excluding hydrogens is 447 g/mol. The molecule has 0 atom stereocenters. The van der Waals surface area contributed by atoms with Gasteiger partial charge in [0.25, 0.3) is 0 Å². The highest BCUT2D eigenvalue weighted by atomic mass is 19.1. The largest absolute Gasteiger partial charge is 0.312 e. The monoisotopic (exact) mass is 474 g/mol. The Hall–Kier alpha value is -3.37. The first kappa shape index (κ1) is 21.0. The van der Waals surface area contributed by atoms with Crippen molar-refractivity contribution in [2.75, 3.05) is 24.8 Å². The smallest absolute Gasteiger partial charge is 0.137 e. The number of nitrogens with zero attached hydrogens (tertiary/aromatic N) is 7. The summed E-state index contributed by atoms with van der Waals surface area (Å²) in [6.07, 6.45) is 12.8. The standard InChI is InChI=1S/C25H27FN8O/c26-25-14-24(15-25,16-25)17-28-7-18-2-3-23-29-20(11-32(23)10-18)12-33-13-22(30-31-33)19-6-21(9-27-8-19)34-4-1-5-35-34/h2-3,6,8-11,13,28H,1,4-5,7,12,14-17H2. The summed E-state index contributed by atoms with van der Waals surface area (Å²) >= 11 is 0. The highest BCUT2D eigenvalue weighted by Crippen LogP contribution is 2.69. The number of rotatable bonds is 8. The van der Waals surface area contributed by atoms with Crippen LogP contribution < -0.4 is 10.4 Å². The topological polar surface area (TPSA) is 85.4 Å². The Morgan fingerprint density at radius 2 is 2.03 bits per heavy atom. The molecule has 10 heteroatoms. The van der Waals surface area contributed by atoms with Crippen molar-refractivity contribution in [3.8, 4) is 11.3 Å². The summed E-state index contributed by atoms with van der Waals surface area (Å²) in [5.41, 5.74) is 4.96. The molecule has 8 rings (SSSR count). The van der Waals surface area contributed by atoms with Crippen molar-refractivity contribution in [3.63, 3.8) is 0 Å². The lowest BCUT2D eigenvalue weighted by atomic mass is 9.42. The molecule has 0 amide bonds. The summed E-state index contributed by atoms with van der Waals surface area (Å²) in [5, 5.41) is 14.0. The Morgan fingerprint density at radius 3 is 2.86 bits per heavy atom. The summed E-state index contributed by atoms with van der Waals surface area (Å²) in [5.74, 6) is 0. The van der Waals surface area contributed by atoms with Gasteiger partial charge in [0.1, 0.15) is 17.0 Å². The minimum Gasteiger partial charge on any atom is -0.312 e. The Balaban J connectivity index is 1.01. The summed E-state index contributed by atoms with van der Waals surface area (Å²) in [6, 6.07) is 6.15. The van der Waals surface area contributed by atoms with Crippen LogP contribution in [0.3, 0.4) is 0 Å². The first-order valence-electron chi connectivity index (χ1n) is 12.2. The average molecular weight is 475 g/mol. The molecule has 4 aromatic rings. The van der Waals surface area contributed by atoms with Gasteiger partial charge >= 0.3 is 0 Å². The van der Waals surface area contributed by atoms with E-state index < -0.39 is 5.67 Å². The summed E-state index contributed by atoms with van der Waals surface area (Å²) < 4.78 is 17.5. The predicted octanol–water partition coefficient (Wildman–Crippen LogP) is 3.16. The maximum Gasteiger partial charge on any atom is 0.137 e. The molecule has 1 N–H and O–H groups in total. The van der Waals surface area contributed by atoms with Crippen molar-refractivity contribution in [2.24, 2.45) is 5.41 Å². The maximum absolute atomic E-state index is 13.7. The second kappa shape index (κ2) is 7.82. The van der Waals surface area contributed by atoms with Gasteiger partial charge in [-0.15, -0.1) is 5.10 Å². The van der Waals surface area contributed by atoms with E-state index >= 15 is 0 Å². The zero-order chi connectivity index (χ0) is 23.5. The SMILES string of the molecule is FC12CC(CNCc3ccc4nc(Cn5cc(-c6cncc(N7CCCO7)c6)nn5)cn4c3)(C1)C2. The number of aromatic nitrogens is 6. The third-order valence-corrected chi connectivity index (χ3v) is 7.39. The number of fused-ring (bicyclic) bond motifs is 1. The van der Waals surface area contributed by atoms with E-state index in [1.54, 1.807) is 17.1 Å². The molecule has 0 aromatic carbocycles. The number of nitrogens with one attached hydrogen (secondary N) is 1. The van der Waals surface area contributed by atoms with E-state index in [0.717, 1.165) is 80.2 Å². The fraction of sp³-hybridized carbons (Fsp3) is 0.440. The van der Waals surface area contributed by atoms with Crippen molar-refractivity contribution in [2.45, 2.75) is 44.4 Å². The van der Waals surface area contributed by atoms with Crippen molar-refractivity contribution in [1.82, 2.24) is 34.7 Å². The van der Waals surface area contributed by atoms with Crippen molar-refractivity contribution < 1.29 is 9.23 Å². The van der Waals surface area contributed by atoms with Gasteiger partial charge in [-0.05, 0) is 48.8 Å². The van der Waals surface area contributed by atoms with E-state index in [4.69, 9.17) is 9.82 Å². The Kier molecular flexibility index (Phi) is 4.68. The van der Waals surface area contributed by atoms with Gasteiger partial charge in [0.05, 0.1) is 36.9 Å². The van der Waals surface area contributed by atoms with Crippen LogP contribution in [0.15, 0.2) is 49.2 Å². The second-order valence-electron chi connectivity index (χ2n) is 10.3. The van der Waals surface area contributed by atoms with Crippen LogP contribution in [0.25, 0.3) is 16.9 Å². The van der Waals surface area contributed by atoms with Gasteiger partial charge in [-0.2, -0.15) is 0 Å². The van der Waals surface area contributed by atoms with Gasteiger partial charge in [-0.3, -0.25) is 14.9 Å². The summed E-state index contributed by atoms with van der Waals surface area (Å²) in [6.45, 7) is 3.79. The number of imidazole rings is 1. The van der Waals surface area contributed by atoms with E-state index in [0.29, 0.717) is 6.54 Å². The number of hydrogen-bond donors (Lipinski definition) is 1. The van der Waals surface area contributed by atoms with Crippen LogP contribution in [0.4, 0.5) is 10.1 Å². The molecule has 180 valence electrons. The number of anilines is 1. The third kappa shape index (κ3) is 3.86. The Morgan fingerprint density at radius 1 is 1.11 bits per heavy atom. The lowest BCUT2D eigenvalue weighted by Gasteiger charge is -2.66. The molecular formula is C25H27FN8O. The molecule has 1 saturated heterocycles. The molecule has 35 heavy (non-hydrogen) atoms. The van der Waals surface area contributed by atoms with Crippen LogP contribution in [0.5, 0.6) is 0 Å². The summed E-state index contributed by atoms with van der Waals surface area (Å²) in [4.78, 5) is 14.7. The molecule has 4 fully saturated rings. The molecule has 2 bridgehead atoms. The minimum atomic E-state index is -0.831. The number of halogens is 1. The molecule has 0 radical (unpaired) electrons. The Labute approximate surface area is 201 Å². The van der Waals surface area contributed by atoms with E-state index in [9.17, 15) is 4.39 Å². The van der Waals surface area contributed by atoms with Crippen LogP contribution in [-0.2, 0) is 17.9 Å². The Bertz CT molecular complexity index is 1370. The molecule has 3 aliphatic carbocycles. The van der Waals surface area contributed by atoms with Crippen LogP contribution >= 0.6 is 0 Å². The zero-order valence-electron chi connectivity index (χ0n) is 19.4. The molecule has 3 saturated carbocycles. The van der Waals surface area contributed by atoms with Crippen LogP contribution in [0.2, 0.25) is 0 Å². The molecule has 4 aliphatic rings. The highest BCUT2D eigenvalue weighted by molar-refractivity contribution is 5.62. The number of hydroxylamine groups is 1. The van der Waals surface area contributed by atoms with Crippen LogP contribution in [0, 0.1) is 5.41 Å². The number of alkyl halides is 1. The van der Waals surface area contributed by atoms with Gasteiger partial charge in [-0.25, -0.2) is 14.1 Å². The predicted molar refractivity (Wildman–Crippen MR) is 127 cm³/mol. The fourth-order valence-electron chi connectivity index (χ4n) is 5.82. The maximum atomic E-state index is 13.7. The van der Waals surface area contributed by atoms with Gasteiger partial charge in [-0.1, -0.05) is 11.3 Å². The molecule has 0 unspecified atom stereocenters.